The lowest BCUT2D eigenvalue weighted by atomic mass is 10.2. The number of hydrogen-bond donors (Lipinski definition) is 1. The SMILES string of the molecule is O=C(Nc1cccc(-n2cnnn2)c1)[C@@H]1CCCO1. The van der Waals surface area contributed by atoms with E-state index in [1.54, 1.807) is 0 Å². The van der Waals surface area contributed by atoms with Crippen molar-refractivity contribution in [2.45, 2.75) is 18.9 Å². The van der Waals surface area contributed by atoms with Crippen molar-refractivity contribution < 1.29 is 9.53 Å². The fraction of sp³-hybridized carbons (Fsp3) is 0.333. The molecular formula is C12H13N5O2. The maximum absolute atomic E-state index is 11.9. The number of carbonyl (C=O) groups is 1. The maximum atomic E-state index is 11.9. The second-order valence-corrected chi connectivity index (χ2v) is 4.30. The van der Waals surface area contributed by atoms with Crippen LogP contribution in [0.1, 0.15) is 12.8 Å². The topological polar surface area (TPSA) is 81.9 Å². The van der Waals surface area contributed by atoms with Crippen LogP contribution in [0.3, 0.4) is 0 Å². The third kappa shape index (κ3) is 2.60. The summed E-state index contributed by atoms with van der Waals surface area (Å²) in [6, 6.07) is 7.32. The summed E-state index contributed by atoms with van der Waals surface area (Å²) < 4.78 is 6.87. The molecule has 1 N–H and O–H groups in total. The van der Waals surface area contributed by atoms with Crippen LogP contribution in [0, 0.1) is 0 Å². The van der Waals surface area contributed by atoms with Crippen LogP contribution in [0.2, 0.25) is 0 Å². The average Bonchev–Trinajstić information content (AvgIpc) is 3.13. The summed E-state index contributed by atoms with van der Waals surface area (Å²) in [6.07, 6.45) is 2.87. The van der Waals surface area contributed by atoms with Crippen molar-refractivity contribution in [1.29, 1.82) is 0 Å². The molecule has 2 heterocycles. The first-order valence-electron chi connectivity index (χ1n) is 6.09. The van der Waals surface area contributed by atoms with Crippen LogP contribution in [0.25, 0.3) is 5.69 Å². The molecular weight excluding hydrogens is 246 g/mol. The van der Waals surface area contributed by atoms with Gasteiger partial charge in [0.2, 0.25) is 0 Å². The Hall–Kier alpha value is -2.28. The molecule has 98 valence electrons. The van der Waals surface area contributed by atoms with Gasteiger partial charge in [0.15, 0.2) is 0 Å². The van der Waals surface area contributed by atoms with E-state index >= 15 is 0 Å². The van der Waals surface area contributed by atoms with Crippen molar-refractivity contribution in [3.05, 3.63) is 30.6 Å². The van der Waals surface area contributed by atoms with Gasteiger partial charge in [-0.25, -0.2) is 4.68 Å². The van der Waals surface area contributed by atoms with E-state index in [1.165, 1.54) is 11.0 Å². The van der Waals surface area contributed by atoms with Gasteiger partial charge in [-0.15, -0.1) is 5.10 Å². The van der Waals surface area contributed by atoms with E-state index in [0.717, 1.165) is 18.5 Å². The van der Waals surface area contributed by atoms with Gasteiger partial charge in [-0.3, -0.25) is 4.79 Å². The molecule has 0 aliphatic carbocycles. The van der Waals surface area contributed by atoms with Gasteiger partial charge < -0.3 is 10.1 Å². The first-order chi connectivity index (χ1) is 9.33. The monoisotopic (exact) mass is 259 g/mol. The summed E-state index contributed by atoms with van der Waals surface area (Å²) in [6.45, 7) is 0.656. The Morgan fingerprint density at radius 1 is 1.47 bits per heavy atom. The predicted molar refractivity (Wildman–Crippen MR) is 66.8 cm³/mol. The molecule has 1 saturated heterocycles. The van der Waals surface area contributed by atoms with Crippen LogP contribution in [0.15, 0.2) is 30.6 Å². The van der Waals surface area contributed by atoms with Crippen molar-refractivity contribution in [1.82, 2.24) is 20.2 Å². The molecule has 19 heavy (non-hydrogen) atoms. The van der Waals surface area contributed by atoms with Crippen LogP contribution in [-0.2, 0) is 9.53 Å². The lowest BCUT2D eigenvalue weighted by Gasteiger charge is -2.11. The molecule has 1 aromatic carbocycles. The third-order valence-corrected chi connectivity index (χ3v) is 2.95. The first kappa shape index (κ1) is 11.8. The minimum atomic E-state index is -0.336. The van der Waals surface area contributed by atoms with E-state index in [-0.39, 0.29) is 12.0 Å². The highest BCUT2D eigenvalue weighted by Crippen LogP contribution is 2.17. The first-order valence-corrected chi connectivity index (χ1v) is 6.09. The number of tetrazole rings is 1. The van der Waals surface area contributed by atoms with Gasteiger partial charge in [0.25, 0.3) is 5.91 Å². The molecule has 7 nitrogen and oxygen atoms in total. The summed E-state index contributed by atoms with van der Waals surface area (Å²) in [5.41, 5.74) is 1.49. The molecule has 0 unspecified atom stereocenters. The number of rotatable bonds is 3. The molecule has 0 radical (unpaired) electrons. The minimum absolute atomic E-state index is 0.105. The van der Waals surface area contributed by atoms with E-state index in [1.807, 2.05) is 24.3 Å². The number of hydrogen-bond acceptors (Lipinski definition) is 5. The van der Waals surface area contributed by atoms with Crippen LogP contribution >= 0.6 is 0 Å². The summed E-state index contributed by atoms with van der Waals surface area (Å²) in [7, 11) is 0. The van der Waals surface area contributed by atoms with Gasteiger partial charge in [-0.2, -0.15) is 0 Å². The van der Waals surface area contributed by atoms with Crippen LogP contribution in [0.4, 0.5) is 5.69 Å². The van der Waals surface area contributed by atoms with Gasteiger partial charge in [0.05, 0.1) is 5.69 Å². The van der Waals surface area contributed by atoms with Gasteiger partial charge in [0.1, 0.15) is 12.4 Å². The van der Waals surface area contributed by atoms with Crippen LogP contribution in [-0.4, -0.2) is 38.8 Å². The Morgan fingerprint density at radius 2 is 2.42 bits per heavy atom. The molecule has 0 saturated carbocycles. The minimum Gasteiger partial charge on any atom is -0.368 e. The zero-order chi connectivity index (χ0) is 13.1. The average molecular weight is 259 g/mol. The van der Waals surface area contributed by atoms with Crippen LogP contribution in [0.5, 0.6) is 0 Å². The fourth-order valence-corrected chi connectivity index (χ4v) is 2.01. The second kappa shape index (κ2) is 5.15. The Kier molecular flexibility index (Phi) is 3.20. The summed E-state index contributed by atoms with van der Waals surface area (Å²) in [5.74, 6) is -0.105. The Balaban J connectivity index is 1.74. The number of nitrogens with one attached hydrogen (secondary N) is 1. The Morgan fingerprint density at radius 3 is 3.16 bits per heavy atom. The Bertz CT molecular complexity index is 563. The van der Waals surface area contributed by atoms with E-state index < -0.39 is 0 Å². The zero-order valence-electron chi connectivity index (χ0n) is 10.2. The van der Waals surface area contributed by atoms with Crippen LogP contribution < -0.4 is 5.32 Å². The zero-order valence-corrected chi connectivity index (χ0v) is 10.2. The molecule has 1 atom stereocenters. The summed E-state index contributed by atoms with van der Waals surface area (Å²) in [4.78, 5) is 11.9. The van der Waals surface area contributed by atoms with Gasteiger partial charge >= 0.3 is 0 Å². The summed E-state index contributed by atoms with van der Waals surface area (Å²) in [5, 5.41) is 13.8. The molecule has 2 aromatic rings. The van der Waals surface area contributed by atoms with Crippen molar-refractivity contribution in [3.8, 4) is 5.69 Å². The van der Waals surface area contributed by atoms with E-state index in [2.05, 4.69) is 20.8 Å². The number of nitrogens with zero attached hydrogens (tertiary/aromatic N) is 4. The maximum Gasteiger partial charge on any atom is 0.253 e. The number of benzene rings is 1. The largest absolute Gasteiger partial charge is 0.368 e. The smallest absolute Gasteiger partial charge is 0.253 e. The number of amides is 1. The quantitative estimate of drug-likeness (QED) is 0.880. The highest BCUT2D eigenvalue weighted by Gasteiger charge is 2.23. The van der Waals surface area contributed by atoms with Crippen molar-refractivity contribution in [2.24, 2.45) is 0 Å². The number of anilines is 1. The third-order valence-electron chi connectivity index (χ3n) is 2.95. The fourth-order valence-electron chi connectivity index (χ4n) is 2.01. The normalized spacial score (nSPS) is 18.4. The van der Waals surface area contributed by atoms with Gasteiger partial charge in [-0.05, 0) is 41.5 Å². The molecule has 0 bridgehead atoms. The molecule has 1 aromatic heterocycles. The van der Waals surface area contributed by atoms with Gasteiger partial charge in [-0.1, -0.05) is 6.07 Å². The lowest BCUT2D eigenvalue weighted by Crippen LogP contribution is -2.26. The molecule has 3 rings (SSSR count). The van der Waals surface area contributed by atoms with Gasteiger partial charge in [0, 0.05) is 12.3 Å². The van der Waals surface area contributed by atoms with E-state index in [4.69, 9.17) is 4.74 Å². The van der Waals surface area contributed by atoms with E-state index in [9.17, 15) is 4.79 Å². The predicted octanol–water partition coefficient (Wildman–Crippen LogP) is 0.780. The molecule has 1 aliphatic rings. The molecule has 1 aliphatic heterocycles. The second-order valence-electron chi connectivity index (χ2n) is 4.30. The highest BCUT2D eigenvalue weighted by molar-refractivity contribution is 5.94. The molecule has 7 heteroatoms. The molecule has 1 fully saturated rings. The molecule has 1 amide bonds. The standard InChI is InChI=1S/C12H13N5O2/c18-12(11-5-2-6-19-11)14-9-3-1-4-10(7-9)17-8-13-15-16-17/h1,3-4,7-8,11H,2,5-6H2,(H,14,18)/t11-/m0/s1. The van der Waals surface area contributed by atoms with Crippen molar-refractivity contribution in [3.63, 3.8) is 0 Å². The summed E-state index contributed by atoms with van der Waals surface area (Å²) >= 11 is 0. The lowest BCUT2D eigenvalue weighted by molar-refractivity contribution is -0.124. The molecule has 0 spiro atoms. The highest BCUT2D eigenvalue weighted by atomic mass is 16.5. The Labute approximate surface area is 109 Å². The van der Waals surface area contributed by atoms with Crippen molar-refractivity contribution >= 4 is 11.6 Å². The van der Waals surface area contributed by atoms with E-state index in [0.29, 0.717) is 12.3 Å². The number of aromatic nitrogens is 4. The van der Waals surface area contributed by atoms with Crippen molar-refractivity contribution in [2.75, 3.05) is 11.9 Å². The number of ether oxygens (including phenoxy) is 1. The number of carbonyl (C=O) groups excluding carboxylic acids is 1.